The van der Waals surface area contributed by atoms with Crippen LogP contribution in [0.4, 0.5) is 0 Å². The van der Waals surface area contributed by atoms with Crippen LogP contribution in [0, 0.1) is 0 Å². The lowest BCUT2D eigenvalue weighted by Crippen LogP contribution is -2.18. The minimum atomic E-state index is -0.872. The minimum Gasteiger partial charge on any atom is -0.465 e. The quantitative estimate of drug-likeness (QED) is 0.598. The van der Waals surface area contributed by atoms with Gasteiger partial charge in [0, 0.05) is 6.61 Å². The highest BCUT2D eigenvalue weighted by Crippen LogP contribution is 2.35. The third-order valence-corrected chi connectivity index (χ3v) is 3.18. The normalized spacial score (nSPS) is 14.3. The highest BCUT2D eigenvalue weighted by Gasteiger charge is 2.28. The fourth-order valence-corrected chi connectivity index (χ4v) is 1.91. The summed E-state index contributed by atoms with van der Waals surface area (Å²) in [7, 11) is 1.22. The molecule has 0 bridgehead atoms. The van der Waals surface area contributed by atoms with E-state index in [1.807, 2.05) is 6.92 Å². The van der Waals surface area contributed by atoms with E-state index in [4.69, 9.17) is 4.74 Å². The van der Waals surface area contributed by atoms with Crippen molar-refractivity contribution in [1.82, 2.24) is 0 Å². The van der Waals surface area contributed by atoms with Gasteiger partial charge in [0.05, 0.1) is 12.7 Å². The molecule has 0 spiro atoms. The van der Waals surface area contributed by atoms with E-state index in [1.165, 1.54) is 7.11 Å². The molecular formula is C12H15O4P. The van der Waals surface area contributed by atoms with Gasteiger partial charge in [0.15, 0.2) is 13.8 Å². The topological polar surface area (TPSA) is 52.6 Å². The number of hydrogen-bond donors (Lipinski definition) is 0. The van der Waals surface area contributed by atoms with E-state index in [2.05, 4.69) is 4.74 Å². The Morgan fingerprint density at radius 2 is 1.94 bits per heavy atom. The molecule has 0 aliphatic heterocycles. The highest BCUT2D eigenvalue weighted by atomic mass is 31.1. The molecular weight excluding hydrogens is 239 g/mol. The predicted molar refractivity (Wildman–Crippen MR) is 64.4 cm³/mol. The summed E-state index contributed by atoms with van der Waals surface area (Å²) in [6.45, 7) is 4.04. The van der Waals surface area contributed by atoms with Gasteiger partial charge in [-0.25, -0.2) is 4.79 Å². The van der Waals surface area contributed by atoms with Crippen molar-refractivity contribution in [2.75, 3.05) is 13.7 Å². The van der Waals surface area contributed by atoms with Crippen LogP contribution in [0.1, 0.15) is 29.8 Å². The lowest BCUT2D eigenvalue weighted by atomic mass is 10.1. The van der Waals surface area contributed by atoms with Crippen LogP contribution in [0.3, 0.4) is 0 Å². The monoisotopic (exact) mass is 254 g/mol. The first kappa shape index (κ1) is 13.8. The Morgan fingerprint density at radius 1 is 1.35 bits per heavy atom. The molecule has 1 unspecified atom stereocenters. The Kier molecular flexibility index (Phi) is 4.79. The van der Waals surface area contributed by atoms with Gasteiger partial charge in [0.1, 0.15) is 0 Å². The van der Waals surface area contributed by atoms with Gasteiger partial charge in [-0.05, 0) is 31.5 Å². The number of esters is 1. The van der Waals surface area contributed by atoms with Gasteiger partial charge in [0.2, 0.25) is 0 Å². The van der Waals surface area contributed by atoms with E-state index < -0.39 is 11.3 Å². The zero-order chi connectivity index (χ0) is 12.9. The largest absolute Gasteiger partial charge is 0.465 e. The van der Waals surface area contributed by atoms with E-state index in [0.29, 0.717) is 12.2 Å². The van der Waals surface area contributed by atoms with Gasteiger partial charge < -0.3 is 9.47 Å². The molecule has 0 amide bonds. The lowest BCUT2D eigenvalue weighted by molar-refractivity contribution is 0.0411. The molecule has 5 heteroatoms. The Morgan fingerprint density at radius 3 is 2.35 bits per heavy atom. The Bertz CT molecular complexity index is 401. The second-order valence-electron chi connectivity index (χ2n) is 3.58. The summed E-state index contributed by atoms with van der Waals surface area (Å²) >= 11 is 0. The van der Waals surface area contributed by atoms with Crippen molar-refractivity contribution >= 4 is 14.4 Å². The average Bonchev–Trinajstić information content (AvgIpc) is 2.38. The summed E-state index contributed by atoms with van der Waals surface area (Å²) in [4.78, 5) is 11.3. The van der Waals surface area contributed by atoms with Crippen LogP contribution in [0.2, 0.25) is 0 Å². The molecule has 92 valence electrons. The number of ether oxygens (including phenoxy) is 2. The number of benzene rings is 1. The molecule has 0 heterocycles. The smallest absolute Gasteiger partial charge is 0.337 e. The standard InChI is InChI=1S/C12H15O4P/c1-4-16-12(2,17-14)10-7-5-9(6-8-10)11(13)15-3/h5-8H,4H2,1-3H3. The third kappa shape index (κ3) is 3.11. The molecule has 0 saturated carbocycles. The molecule has 0 aliphatic carbocycles. The van der Waals surface area contributed by atoms with E-state index in [1.54, 1.807) is 31.2 Å². The van der Waals surface area contributed by atoms with Crippen molar-refractivity contribution in [2.45, 2.75) is 19.2 Å². The van der Waals surface area contributed by atoms with Crippen LogP contribution in [0.15, 0.2) is 24.3 Å². The fraction of sp³-hybridized carbons (Fsp3) is 0.417. The van der Waals surface area contributed by atoms with Crippen LogP contribution >= 0.6 is 8.46 Å². The maximum absolute atomic E-state index is 11.3. The molecule has 1 rings (SSSR count). The first-order chi connectivity index (χ1) is 8.07. The molecule has 1 atom stereocenters. The molecule has 1 aromatic rings. The number of hydrogen-bond acceptors (Lipinski definition) is 4. The Balaban J connectivity index is 3.00. The summed E-state index contributed by atoms with van der Waals surface area (Å²) < 4.78 is 21.2. The summed E-state index contributed by atoms with van der Waals surface area (Å²) in [5.74, 6) is -0.394. The van der Waals surface area contributed by atoms with Gasteiger partial charge in [-0.2, -0.15) is 0 Å². The maximum Gasteiger partial charge on any atom is 0.337 e. The van der Waals surface area contributed by atoms with Gasteiger partial charge in [0.25, 0.3) is 0 Å². The van der Waals surface area contributed by atoms with Crippen LogP contribution in [-0.4, -0.2) is 19.7 Å². The first-order valence-electron chi connectivity index (χ1n) is 5.24. The van der Waals surface area contributed by atoms with Crippen LogP contribution in [0.25, 0.3) is 0 Å². The highest BCUT2D eigenvalue weighted by molar-refractivity contribution is 7.25. The number of rotatable bonds is 5. The lowest BCUT2D eigenvalue weighted by Gasteiger charge is -2.22. The van der Waals surface area contributed by atoms with Gasteiger partial charge >= 0.3 is 5.97 Å². The number of methoxy groups -OCH3 is 1. The van der Waals surface area contributed by atoms with Crippen molar-refractivity contribution < 1.29 is 18.8 Å². The second kappa shape index (κ2) is 5.89. The van der Waals surface area contributed by atoms with Crippen LogP contribution in [0.5, 0.6) is 0 Å². The molecule has 17 heavy (non-hydrogen) atoms. The van der Waals surface area contributed by atoms with E-state index in [9.17, 15) is 9.36 Å². The van der Waals surface area contributed by atoms with E-state index in [0.717, 1.165) is 5.56 Å². The third-order valence-electron chi connectivity index (χ3n) is 2.44. The molecule has 0 saturated heterocycles. The van der Waals surface area contributed by atoms with Gasteiger partial charge in [-0.1, -0.05) is 12.1 Å². The summed E-state index contributed by atoms with van der Waals surface area (Å²) in [5, 5.41) is -0.872. The van der Waals surface area contributed by atoms with Crippen LogP contribution < -0.4 is 0 Å². The van der Waals surface area contributed by atoms with Crippen molar-refractivity contribution in [1.29, 1.82) is 0 Å². The van der Waals surface area contributed by atoms with Crippen LogP contribution in [-0.2, 0) is 19.4 Å². The van der Waals surface area contributed by atoms with Crippen molar-refractivity contribution in [3.05, 3.63) is 35.4 Å². The molecule has 0 aliphatic rings. The zero-order valence-corrected chi connectivity index (χ0v) is 11.0. The van der Waals surface area contributed by atoms with Crippen molar-refractivity contribution in [2.24, 2.45) is 0 Å². The molecule has 0 N–H and O–H groups in total. The Labute approximate surface area is 102 Å². The van der Waals surface area contributed by atoms with E-state index in [-0.39, 0.29) is 8.46 Å². The van der Waals surface area contributed by atoms with Gasteiger partial charge in [-0.15, -0.1) is 0 Å². The molecule has 0 radical (unpaired) electrons. The van der Waals surface area contributed by atoms with Gasteiger partial charge in [-0.3, -0.25) is 4.57 Å². The predicted octanol–water partition coefficient (Wildman–Crippen LogP) is 2.97. The summed E-state index contributed by atoms with van der Waals surface area (Å²) in [5.41, 5.74) is 1.21. The van der Waals surface area contributed by atoms with E-state index >= 15 is 0 Å². The second-order valence-corrected chi connectivity index (χ2v) is 4.61. The number of carbonyl (C=O) groups is 1. The number of carbonyl (C=O) groups excluding carboxylic acids is 1. The average molecular weight is 254 g/mol. The maximum atomic E-state index is 11.3. The molecule has 0 fully saturated rings. The zero-order valence-electron chi connectivity index (χ0n) is 10.1. The van der Waals surface area contributed by atoms with Crippen molar-refractivity contribution in [3.8, 4) is 0 Å². The minimum absolute atomic E-state index is 0.115. The Hall–Kier alpha value is -1.25. The fourth-order valence-electron chi connectivity index (χ4n) is 1.48. The molecule has 0 aromatic heterocycles. The van der Waals surface area contributed by atoms with Crippen molar-refractivity contribution in [3.63, 3.8) is 0 Å². The SMILES string of the molecule is CCOC(C)(P=O)c1ccc(C(=O)OC)cc1. The summed E-state index contributed by atoms with van der Waals surface area (Å²) in [6, 6.07) is 6.69. The summed E-state index contributed by atoms with van der Waals surface area (Å²) in [6.07, 6.45) is 0. The molecule has 4 nitrogen and oxygen atoms in total. The molecule has 1 aromatic carbocycles. The first-order valence-corrected chi connectivity index (χ1v) is 6.06.